The third-order valence-electron chi connectivity index (χ3n) is 4.87. The molecular formula is C23H27NO3. The molecule has 27 heavy (non-hydrogen) atoms. The van der Waals surface area contributed by atoms with E-state index in [1.165, 1.54) is 23.3 Å². The van der Waals surface area contributed by atoms with E-state index in [1.54, 1.807) is 12.1 Å². The number of benzene rings is 2. The van der Waals surface area contributed by atoms with Crippen molar-refractivity contribution in [3.05, 3.63) is 75.6 Å². The molecule has 0 unspecified atom stereocenters. The maximum atomic E-state index is 11.9. The fourth-order valence-electron chi connectivity index (χ4n) is 3.50. The molecule has 0 amide bonds. The summed E-state index contributed by atoms with van der Waals surface area (Å²) in [5.41, 5.74) is 3.47. The first-order valence-electron chi connectivity index (χ1n) is 9.56. The highest BCUT2D eigenvalue weighted by atomic mass is 16.4. The van der Waals surface area contributed by atoms with Gasteiger partial charge in [-0.15, -0.1) is 0 Å². The van der Waals surface area contributed by atoms with Crippen molar-refractivity contribution in [2.75, 3.05) is 0 Å². The molecule has 0 fully saturated rings. The van der Waals surface area contributed by atoms with Crippen molar-refractivity contribution in [3.63, 3.8) is 0 Å². The summed E-state index contributed by atoms with van der Waals surface area (Å²) in [7, 11) is 0. The van der Waals surface area contributed by atoms with Crippen molar-refractivity contribution in [3.8, 4) is 5.75 Å². The maximum absolute atomic E-state index is 11.9. The van der Waals surface area contributed by atoms with Gasteiger partial charge in [-0.05, 0) is 41.2 Å². The Morgan fingerprint density at radius 1 is 1.07 bits per heavy atom. The zero-order valence-corrected chi connectivity index (χ0v) is 16.2. The average Bonchev–Trinajstić information content (AvgIpc) is 2.62. The second-order valence-electron chi connectivity index (χ2n) is 7.37. The lowest BCUT2D eigenvalue weighted by Crippen LogP contribution is -2.26. The predicted molar refractivity (Wildman–Crippen MR) is 109 cm³/mol. The predicted octanol–water partition coefficient (Wildman–Crippen LogP) is 4.94. The number of hydrogen-bond acceptors (Lipinski definition) is 4. The van der Waals surface area contributed by atoms with Crippen LogP contribution in [-0.4, -0.2) is 5.11 Å². The molecule has 2 aromatic carbocycles. The summed E-state index contributed by atoms with van der Waals surface area (Å²) in [4.78, 5) is 11.9. The van der Waals surface area contributed by atoms with Crippen molar-refractivity contribution in [1.29, 1.82) is 0 Å². The van der Waals surface area contributed by atoms with Crippen molar-refractivity contribution in [2.45, 2.75) is 46.2 Å². The van der Waals surface area contributed by atoms with E-state index in [1.807, 2.05) is 0 Å². The molecule has 4 nitrogen and oxygen atoms in total. The van der Waals surface area contributed by atoms with Gasteiger partial charge in [0.1, 0.15) is 11.3 Å². The molecule has 3 rings (SSSR count). The molecule has 0 bridgehead atoms. The molecule has 0 aliphatic rings. The molecule has 0 aliphatic carbocycles. The number of aromatic hydroxyl groups is 1. The molecule has 0 saturated carbocycles. The van der Waals surface area contributed by atoms with Crippen LogP contribution in [0.3, 0.4) is 0 Å². The van der Waals surface area contributed by atoms with Gasteiger partial charge in [-0.25, -0.2) is 4.79 Å². The summed E-state index contributed by atoms with van der Waals surface area (Å²) in [5, 5.41) is 14.1. The molecular weight excluding hydrogens is 338 g/mol. The average molecular weight is 365 g/mol. The molecule has 1 atom stereocenters. The standard InChI is InChI=1S/C23H27NO3/c1-4-5-16-6-8-17(9-7-16)23(15(2)3)24-14-18-12-22(26)27-21-13-19(25)10-11-20(18)21/h6-13,15,23-25H,4-5,14H2,1-3H3/t23-/m0/s1. The van der Waals surface area contributed by atoms with Gasteiger partial charge in [0.05, 0.1) is 0 Å². The lowest BCUT2D eigenvalue weighted by atomic mass is 9.94. The minimum absolute atomic E-state index is 0.0861. The van der Waals surface area contributed by atoms with E-state index in [0.29, 0.717) is 18.0 Å². The Morgan fingerprint density at radius 2 is 1.81 bits per heavy atom. The fraction of sp³-hybridized carbons (Fsp3) is 0.348. The van der Waals surface area contributed by atoms with Gasteiger partial charge in [0.25, 0.3) is 0 Å². The smallest absolute Gasteiger partial charge is 0.336 e. The van der Waals surface area contributed by atoms with Crippen LogP contribution in [0.5, 0.6) is 5.75 Å². The van der Waals surface area contributed by atoms with Crippen LogP contribution in [0.25, 0.3) is 11.0 Å². The third-order valence-corrected chi connectivity index (χ3v) is 4.87. The van der Waals surface area contributed by atoms with E-state index in [9.17, 15) is 9.90 Å². The summed E-state index contributed by atoms with van der Waals surface area (Å²) in [6, 6.07) is 15.4. The number of fused-ring (bicyclic) bond motifs is 1. The Labute approximate surface area is 159 Å². The Bertz CT molecular complexity index is 958. The van der Waals surface area contributed by atoms with Gasteiger partial charge < -0.3 is 14.8 Å². The molecule has 2 N–H and O–H groups in total. The molecule has 0 saturated heterocycles. The van der Waals surface area contributed by atoms with Crippen LogP contribution in [0.15, 0.2) is 57.7 Å². The lowest BCUT2D eigenvalue weighted by molar-refractivity contribution is 0.410. The molecule has 142 valence electrons. The molecule has 1 aromatic heterocycles. The van der Waals surface area contributed by atoms with Crippen LogP contribution in [0.2, 0.25) is 0 Å². The highest BCUT2D eigenvalue weighted by Crippen LogP contribution is 2.25. The Kier molecular flexibility index (Phi) is 5.97. The summed E-state index contributed by atoms with van der Waals surface area (Å²) < 4.78 is 5.21. The highest BCUT2D eigenvalue weighted by Gasteiger charge is 2.16. The number of phenolic OH excluding ortho intramolecular Hbond substituents is 1. The number of nitrogens with one attached hydrogen (secondary N) is 1. The van der Waals surface area contributed by atoms with Gasteiger partial charge in [-0.2, -0.15) is 0 Å². The summed E-state index contributed by atoms with van der Waals surface area (Å²) in [6.07, 6.45) is 2.24. The SMILES string of the molecule is CCCc1ccc([C@@H](NCc2cc(=O)oc3cc(O)ccc23)C(C)C)cc1. The van der Waals surface area contributed by atoms with Crippen LogP contribution in [0.4, 0.5) is 0 Å². The topological polar surface area (TPSA) is 62.5 Å². The molecule has 4 heteroatoms. The summed E-state index contributed by atoms with van der Waals surface area (Å²) >= 11 is 0. The lowest BCUT2D eigenvalue weighted by Gasteiger charge is -2.23. The van der Waals surface area contributed by atoms with Gasteiger partial charge in [0.15, 0.2) is 0 Å². The van der Waals surface area contributed by atoms with Crippen molar-refractivity contribution >= 4 is 11.0 Å². The van der Waals surface area contributed by atoms with Gasteiger partial charge in [-0.3, -0.25) is 0 Å². The van der Waals surface area contributed by atoms with Crippen molar-refractivity contribution < 1.29 is 9.52 Å². The highest BCUT2D eigenvalue weighted by molar-refractivity contribution is 5.81. The first-order chi connectivity index (χ1) is 13.0. The van der Waals surface area contributed by atoms with Crippen molar-refractivity contribution in [2.24, 2.45) is 5.92 Å². The minimum Gasteiger partial charge on any atom is -0.508 e. The van der Waals surface area contributed by atoms with E-state index in [4.69, 9.17) is 4.42 Å². The van der Waals surface area contributed by atoms with Crippen LogP contribution >= 0.6 is 0 Å². The Morgan fingerprint density at radius 3 is 2.48 bits per heavy atom. The first-order valence-corrected chi connectivity index (χ1v) is 9.56. The quantitative estimate of drug-likeness (QED) is 0.582. The van der Waals surface area contributed by atoms with E-state index >= 15 is 0 Å². The van der Waals surface area contributed by atoms with E-state index in [0.717, 1.165) is 23.8 Å². The van der Waals surface area contributed by atoms with Crippen LogP contribution in [0.1, 0.15) is 49.9 Å². The second kappa shape index (κ2) is 8.40. The first kappa shape index (κ1) is 19.2. The summed E-state index contributed by atoms with van der Waals surface area (Å²) in [6.45, 7) is 7.11. The van der Waals surface area contributed by atoms with Gasteiger partial charge in [0, 0.05) is 30.1 Å². The molecule has 0 radical (unpaired) electrons. The second-order valence-corrected chi connectivity index (χ2v) is 7.37. The molecule has 3 aromatic rings. The zero-order valence-electron chi connectivity index (χ0n) is 16.2. The number of phenols is 1. The number of rotatable bonds is 7. The minimum atomic E-state index is -0.407. The fourth-order valence-corrected chi connectivity index (χ4v) is 3.50. The van der Waals surface area contributed by atoms with E-state index in [2.05, 4.69) is 50.4 Å². The summed E-state index contributed by atoms with van der Waals surface area (Å²) in [5.74, 6) is 0.487. The molecule has 0 spiro atoms. The number of hydrogen-bond donors (Lipinski definition) is 2. The monoisotopic (exact) mass is 365 g/mol. The van der Waals surface area contributed by atoms with Crippen molar-refractivity contribution in [1.82, 2.24) is 5.32 Å². The maximum Gasteiger partial charge on any atom is 0.336 e. The Hall–Kier alpha value is -2.59. The van der Waals surface area contributed by atoms with Crippen LogP contribution in [0, 0.1) is 5.92 Å². The zero-order chi connectivity index (χ0) is 19.4. The van der Waals surface area contributed by atoms with Gasteiger partial charge >= 0.3 is 5.63 Å². The molecule has 0 aliphatic heterocycles. The van der Waals surface area contributed by atoms with Crippen LogP contribution < -0.4 is 10.9 Å². The third kappa shape index (κ3) is 4.58. The molecule has 1 heterocycles. The van der Waals surface area contributed by atoms with Crippen LogP contribution in [-0.2, 0) is 13.0 Å². The van der Waals surface area contributed by atoms with Gasteiger partial charge in [-0.1, -0.05) is 51.5 Å². The van der Waals surface area contributed by atoms with E-state index < -0.39 is 5.63 Å². The van der Waals surface area contributed by atoms with Gasteiger partial charge in [0.2, 0.25) is 0 Å². The largest absolute Gasteiger partial charge is 0.508 e. The Balaban J connectivity index is 1.84. The van der Waals surface area contributed by atoms with E-state index in [-0.39, 0.29) is 11.8 Å². The number of aryl methyl sites for hydroxylation is 1. The normalized spacial score (nSPS) is 12.6.